The van der Waals surface area contributed by atoms with Crippen molar-refractivity contribution in [3.05, 3.63) is 179 Å². The lowest BCUT2D eigenvalue weighted by Gasteiger charge is -2.32. The van der Waals surface area contributed by atoms with Crippen molar-refractivity contribution < 1.29 is 4.74 Å². The smallest absolute Gasteiger partial charge is 0.128 e. The summed E-state index contributed by atoms with van der Waals surface area (Å²) in [5.41, 5.74) is 10.8. The fourth-order valence-electron chi connectivity index (χ4n) is 6.76. The second kappa shape index (κ2) is 10.0. The van der Waals surface area contributed by atoms with E-state index in [9.17, 15) is 0 Å². The molecule has 0 heterocycles. The molecule has 42 heavy (non-hydrogen) atoms. The summed E-state index contributed by atoms with van der Waals surface area (Å²) in [4.78, 5) is 0. The summed E-state index contributed by atoms with van der Waals surface area (Å²) in [5, 5.41) is 5.15. The Morgan fingerprint density at radius 1 is 0.500 bits per heavy atom. The molecule has 1 aliphatic rings. The Balaban J connectivity index is 1.32. The van der Waals surface area contributed by atoms with Crippen LogP contribution in [0.4, 0.5) is 0 Å². The molecule has 1 unspecified atom stereocenters. The van der Waals surface area contributed by atoms with Crippen molar-refractivity contribution in [3.8, 4) is 22.6 Å². The third-order valence-corrected chi connectivity index (χ3v) is 8.72. The highest BCUT2D eigenvalue weighted by atomic mass is 16.5. The van der Waals surface area contributed by atoms with Crippen LogP contribution in [-0.2, 0) is 6.42 Å². The zero-order valence-electron chi connectivity index (χ0n) is 23.5. The normalized spacial score (nSPS) is 14.0. The SMILES string of the molecule is Cc1ccc2c3c(ccc2c1)Cc1ccc2cc(Oc4ccccc4)ccc2c1C3c1ccc(-c2ccccc2)cc1. The predicted molar refractivity (Wildman–Crippen MR) is 175 cm³/mol. The first-order valence-electron chi connectivity index (χ1n) is 14.7. The molecule has 1 aliphatic carbocycles. The number of ether oxygens (including phenoxy) is 1. The number of para-hydroxylation sites is 1. The molecule has 0 N–H and O–H groups in total. The van der Waals surface area contributed by atoms with Gasteiger partial charge in [-0.1, -0.05) is 127 Å². The quantitative estimate of drug-likeness (QED) is 0.216. The van der Waals surface area contributed by atoms with E-state index in [4.69, 9.17) is 4.74 Å². The first-order chi connectivity index (χ1) is 20.7. The average Bonchev–Trinajstić information content (AvgIpc) is 3.04. The predicted octanol–water partition coefficient (Wildman–Crippen LogP) is 10.8. The van der Waals surface area contributed by atoms with Crippen molar-refractivity contribution in [2.75, 3.05) is 0 Å². The topological polar surface area (TPSA) is 9.23 Å². The maximum absolute atomic E-state index is 6.22. The van der Waals surface area contributed by atoms with Gasteiger partial charge >= 0.3 is 0 Å². The van der Waals surface area contributed by atoms with Crippen molar-refractivity contribution in [2.24, 2.45) is 0 Å². The summed E-state index contributed by atoms with van der Waals surface area (Å²) >= 11 is 0. The van der Waals surface area contributed by atoms with E-state index in [2.05, 4.69) is 122 Å². The van der Waals surface area contributed by atoms with Crippen molar-refractivity contribution >= 4 is 21.5 Å². The standard InChI is InChI=1S/C41H30O/c1-27-12-22-37-31(24-27)17-19-33-25-34-20-18-32-26-36(42-35-10-6-3-7-11-35)21-23-38(32)40(34)41(39(33)37)30-15-13-29(14-16-30)28-8-4-2-5-9-28/h2-24,26,41H,25H2,1H3. The molecule has 0 aliphatic heterocycles. The van der Waals surface area contributed by atoms with Crippen LogP contribution in [-0.4, -0.2) is 0 Å². The molecule has 0 spiro atoms. The van der Waals surface area contributed by atoms with Gasteiger partial charge in [-0.05, 0) is 98.1 Å². The molecule has 0 saturated heterocycles. The fraction of sp³-hybridized carbons (Fsp3) is 0.0732. The molecule has 0 fully saturated rings. The van der Waals surface area contributed by atoms with Crippen molar-refractivity contribution in [2.45, 2.75) is 19.3 Å². The Labute approximate surface area is 246 Å². The van der Waals surface area contributed by atoms with Crippen LogP contribution in [0.1, 0.15) is 39.3 Å². The minimum absolute atomic E-state index is 0.129. The van der Waals surface area contributed by atoms with Crippen LogP contribution in [0.15, 0.2) is 146 Å². The summed E-state index contributed by atoms with van der Waals surface area (Å²) in [6.45, 7) is 2.18. The van der Waals surface area contributed by atoms with Crippen LogP contribution in [0.25, 0.3) is 32.7 Å². The van der Waals surface area contributed by atoms with Gasteiger partial charge in [0.05, 0.1) is 0 Å². The van der Waals surface area contributed by atoms with Crippen LogP contribution in [0.2, 0.25) is 0 Å². The molecule has 1 heteroatoms. The van der Waals surface area contributed by atoms with Crippen molar-refractivity contribution in [3.63, 3.8) is 0 Å². The Kier molecular flexibility index (Phi) is 5.89. The molecule has 1 nitrogen and oxygen atoms in total. The van der Waals surface area contributed by atoms with E-state index in [1.165, 1.54) is 66.1 Å². The molecule has 200 valence electrons. The molecule has 0 bridgehead atoms. The van der Waals surface area contributed by atoms with Crippen molar-refractivity contribution in [1.29, 1.82) is 0 Å². The maximum Gasteiger partial charge on any atom is 0.128 e. The van der Waals surface area contributed by atoms with Crippen LogP contribution >= 0.6 is 0 Å². The van der Waals surface area contributed by atoms with Gasteiger partial charge in [0.1, 0.15) is 11.5 Å². The Bertz CT molecular complexity index is 2070. The van der Waals surface area contributed by atoms with E-state index in [0.717, 1.165) is 17.9 Å². The van der Waals surface area contributed by atoms with Gasteiger partial charge in [-0.15, -0.1) is 0 Å². The molecular formula is C41H30O. The van der Waals surface area contributed by atoms with Gasteiger partial charge in [-0.3, -0.25) is 0 Å². The molecule has 7 aromatic carbocycles. The van der Waals surface area contributed by atoms with Gasteiger partial charge in [-0.25, -0.2) is 0 Å². The molecule has 0 amide bonds. The average molecular weight is 539 g/mol. The number of hydrogen-bond donors (Lipinski definition) is 0. The molecule has 8 rings (SSSR count). The lowest BCUT2D eigenvalue weighted by Crippen LogP contribution is -2.16. The largest absolute Gasteiger partial charge is 0.457 e. The molecule has 7 aromatic rings. The number of rotatable bonds is 4. The maximum atomic E-state index is 6.22. The number of benzene rings is 7. The molecule has 0 saturated carbocycles. The van der Waals surface area contributed by atoms with E-state index in [1.54, 1.807) is 0 Å². The van der Waals surface area contributed by atoms with E-state index in [1.807, 2.05) is 30.3 Å². The number of hydrogen-bond acceptors (Lipinski definition) is 1. The van der Waals surface area contributed by atoms with Gasteiger partial charge in [0, 0.05) is 5.92 Å². The third kappa shape index (κ3) is 4.26. The monoisotopic (exact) mass is 538 g/mol. The van der Waals surface area contributed by atoms with E-state index in [0.29, 0.717) is 0 Å². The highest BCUT2D eigenvalue weighted by Crippen LogP contribution is 2.47. The zero-order valence-corrected chi connectivity index (χ0v) is 23.5. The van der Waals surface area contributed by atoms with Gasteiger partial charge in [0.25, 0.3) is 0 Å². The van der Waals surface area contributed by atoms with E-state index < -0.39 is 0 Å². The summed E-state index contributed by atoms with van der Waals surface area (Å²) < 4.78 is 6.22. The minimum Gasteiger partial charge on any atom is -0.457 e. The summed E-state index contributed by atoms with van der Waals surface area (Å²) in [6, 6.07) is 52.6. The number of fused-ring (bicyclic) bond motifs is 6. The van der Waals surface area contributed by atoms with Crippen LogP contribution in [0.5, 0.6) is 11.5 Å². The second-order valence-electron chi connectivity index (χ2n) is 11.4. The second-order valence-corrected chi connectivity index (χ2v) is 11.4. The third-order valence-electron chi connectivity index (χ3n) is 8.72. The van der Waals surface area contributed by atoms with Gasteiger partial charge in [-0.2, -0.15) is 0 Å². The van der Waals surface area contributed by atoms with Gasteiger partial charge in [0.15, 0.2) is 0 Å². The first-order valence-corrected chi connectivity index (χ1v) is 14.7. The van der Waals surface area contributed by atoms with Crippen LogP contribution in [0, 0.1) is 6.92 Å². The highest BCUT2D eigenvalue weighted by molar-refractivity contribution is 5.94. The van der Waals surface area contributed by atoms with Crippen LogP contribution < -0.4 is 4.74 Å². The zero-order chi connectivity index (χ0) is 28.0. The first kappa shape index (κ1) is 24.6. The highest BCUT2D eigenvalue weighted by Gasteiger charge is 2.30. The lowest BCUT2D eigenvalue weighted by atomic mass is 9.71. The minimum atomic E-state index is 0.129. The van der Waals surface area contributed by atoms with Gasteiger partial charge < -0.3 is 4.74 Å². The van der Waals surface area contributed by atoms with Crippen LogP contribution in [0.3, 0.4) is 0 Å². The lowest BCUT2D eigenvalue weighted by molar-refractivity contribution is 0.483. The Hall–Kier alpha value is -5.14. The van der Waals surface area contributed by atoms with Gasteiger partial charge in [0.2, 0.25) is 0 Å². The summed E-state index contributed by atoms with van der Waals surface area (Å²) in [6.07, 6.45) is 0.936. The number of aryl methyl sites for hydroxylation is 1. The molecule has 1 atom stereocenters. The molecular weight excluding hydrogens is 508 g/mol. The van der Waals surface area contributed by atoms with Crippen molar-refractivity contribution in [1.82, 2.24) is 0 Å². The summed E-state index contributed by atoms with van der Waals surface area (Å²) in [7, 11) is 0. The Morgan fingerprint density at radius 3 is 1.79 bits per heavy atom. The molecule has 0 radical (unpaired) electrons. The summed E-state index contributed by atoms with van der Waals surface area (Å²) in [5.74, 6) is 1.83. The Morgan fingerprint density at radius 2 is 1.10 bits per heavy atom. The molecule has 0 aromatic heterocycles. The fourth-order valence-corrected chi connectivity index (χ4v) is 6.76. The van der Waals surface area contributed by atoms with E-state index >= 15 is 0 Å². The van der Waals surface area contributed by atoms with E-state index in [-0.39, 0.29) is 5.92 Å².